The van der Waals surface area contributed by atoms with Crippen LogP contribution < -0.4 is 0 Å². The van der Waals surface area contributed by atoms with Crippen LogP contribution in [-0.4, -0.2) is 64.9 Å². The molecule has 0 aliphatic carbocycles. The van der Waals surface area contributed by atoms with Crippen molar-refractivity contribution in [1.82, 2.24) is 0 Å². The first-order valence-electron chi connectivity index (χ1n) is 22.7. The van der Waals surface area contributed by atoms with Crippen molar-refractivity contribution < 1.29 is 35.5 Å². The van der Waals surface area contributed by atoms with Gasteiger partial charge in [-0.25, -0.2) is 25.3 Å². The molecule has 2 unspecified atom stereocenters. The molecule has 0 saturated heterocycles. The second-order valence-corrected chi connectivity index (χ2v) is 23.5. The number of hydrogen-bond acceptors (Lipinski definition) is 8. The number of aliphatic hydroxyl groups is 2. The smallest absolute Gasteiger partial charge is 0.179 e. The number of rotatable bonds is 6. The average Bonchev–Trinajstić information content (AvgIpc) is 3.55. The third-order valence-electron chi connectivity index (χ3n) is 13.5. The van der Waals surface area contributed by atoms with Gasteiger partial charge in [-0.3, -0.25) is 0 Å². The minimum absolute atomic E-state index is 0.00497. The Morgan fingerprint density at radius 1 is 0.400 bits per heavy atom. The van der Waals surface area contributed by atoms with Gasteiger partial charge < -0.3 is 10.2 Å². The van der Waals surface area contributed by atoms with Gasteiger partial charge in [0.25, 0.3) is 0 Å². The summed E-state index contributed by atoms with van der Waals surface area (Å²) in [6.07, 6.45) is 1.67. The van der Waals surface area contributed by atoms with Crippen LogP contribution in [0.2, 0.25) is 0 Å². The van der Waals surface area contributed by atoms with Gasteiger partial charge >= 0.3 is 0 Å². The molecule has 6 aromatic carbocycles. The summed E-state index contributed by atoms with van der Waals surface area (Å²) >= 11 is 0. The van der Waals surface area contributed by atoms with Crippen molar-refractivity contribution in [2.75, 3.05) is 17.3 Å². The van der Waals surface area contributed by atoms with E-state index in [9.17, 15) is 35.5 Å². The van der Waals surface area contributed by atoms with Gasteiger partial charge in [0.1, 0.15) is 0 Å². The van der Waals surface area contributed by atoms with Crippen LogP contribution in [0.15, 0.2) is 178 Å². The van der Waals surface area contributed by atoms with Crippen LogP contribution in [0.3, 0.4) is 0 Å². The van der Waals surface area contributed by atoms with Gasteiger partial charge in [0.2, 0.25) is 0 Å². The first kappa shape index (κ1) is 48.0. The van der Waals surface area contributed by atoms with E-state index < -0.39 is 41.7 Å². The zero-order valence-electron chi connectivity index (χ0n) is 37.2. The predicted octanol–water partition coefficient (Wildman–Crippen LogP) is 10.0. The summed E-state index contributed by atoms with van der Waals surface area (Å²) in [7, 11) is -9.93. The fraction of sp³-hybridized carbons (Fsp3) is 0.333. The summed E-state index contributed by atoms with van der Waals surface area (Å²) in [6, 6.07) is 51.2. The third kappa shape index (κ3) is 10.6. The number of aliphatic hydroxyl groups excluding tert-OH is 2. The van der Waals surface area contributed by atoms with E-state index in [2.05, 4.69) is 19.1 Å². The second kappa shape index (κ2) is 20.7. The van der Waals surface area contributed by atoms with E-state index in [1.165, 1.54) is 5.56 Å². The van der Waals surface area contributed by atoms with Gasteiger partial charge in [0, 0.05) is 17.8 Å². The highest BCUT2D eigenvalue weighted by atomic mass is 32.2. The van der Waals surface area contributed by atoms with Crippen molar-refractivity contribution in [2.45, 2.75) is 91.1 Å². The standard InChI is InChI=1S/2C18H20O3S.C18H20O2S/c2*1-2-13-12-22(20,21)16-11-7-6-10-15(16)17(18(13)19)14-8-4-3-5-9-14;1-2-14-12-17(15-8-4-3-5-9-15)16-10-6-7-11-18(16)21(19,20)13-14/h2*3-11,13,17-19H,2,12H2,1H3;3-11,14,17H,2,12-13H2,1H3/t13-,17+,18?;13-,17-,18?;14-,17-/m110/s1. The lowest BCUT2D eigenvalue weighted by atomic mass is 9.81. The molecule has 0 aromatic heterocycles. The van der Waals surface area contributed by atoms with Crippen molar-refractivity contribution >= 4 is 29.5 Å². The van der Waals surface area contributed by atoms with Crippen LogP contribution in [-0.2, 0) is 29.5 Å². The zero-order valence-corrected chi connectivity index (χ0v) is 39.7. The van der Waals surface area contributed by atoms with E-state index >= 15 is 0 Å². The van der Waals surface area contributed by atoms with Crippen molar-refractivity contribution in [3.63, 3.8) is 0 Å². The predicted molar refractivity (Wildman–Crippen MR) is 258 cm³/mol. The number of sulfone groups is 3. The first-order chi connectivity index (χ1) is 31.2. The van der Waals surface area contributed by atoms with Gasteiger partial charge in [0.05, 0.1) is 44.2 Å². The molecular formula is C54H60O8S3. The van der Waals surface area contributed by atoms with Crippen LogP contribution in [0, 0.1) is 17.8 Å². The Kier molecular flexibility index (Phi) is 15.3. The molecule has 3 heterocycles. The lowest BCUT2D eigenvalue weighted by molar-refractivity contribution is 0.100. The van der Waals surface area contributed by atoms with Gasteiger partial charge in [-0.2, -0.15) is 0 Å². The third-order valence-corrected chi connectivity index (χ3v) is 19.3. The Bertz CT molecular complexity index is 2720. The molecule has 0 bridgehead atoms. The van der Waals surface area contributed by atoms with Gasteiger partial charge in [-0.05, 0) is 88.6 Å². The molecule has 0 spiro atoms. The molecule has 2 N–H and O–H groups in total. The molecule has 0 saturated carbocycles. The Labute approximate surface area is 386 Å². The lowest BCUT2D eigenvalue weighted by Gasteiger charge is -2.27. The van der Waals surface area contributed by atoms with Crippen molar-refractivity contribution in [2.24, 2.45) is 17.8 Å². The first-order valence-corrected chi connectivity index (χ1v) is 27.6. The largest absolute Gasteiger partial charge is 0.392 e. The van der Waals surface area contributed by atoms with E-state index in [1.54, 1.807) is 30.3 Å². The molecular weight excluding hydrogens is 873 g/mol. The Hall–Kier alpha value is -4.91. The maximum Gasteiger partial charge on any atom is 0.179 e. The second-order valence-electron chi connectivity index (χ2n) is 17.5. The van der Waals surface area contributed by atoms with Crippen LogP contribution in [0.5, 0.6) is 0 Å². The maximum absolute atomic E-state index is 12.7. The molecule has 11 heteroatoms. The molecule has 0 amide bonds. The highest BCUT2D eigenvalue weighted by Gasteiger charge is 2.41. The topological polar surface area (TPSA) is 143 Å². The summed E-state index contributed by atoms with van der Waals surface area (Å²) in [5.74, 6) is -0.471. The molecule has 9 rings (SSSR count). The number of fused-ring (bicyclic) bond motifs is 3. The molecule has 3 aliphatic rings. The fourth-order valence-electron chi connectivity index (χ4n) is 9.95. The van der Waals surface area contributed by atoms with Crippen molar-refractivity contribution in [3.05, 3.63) is 197 Å². The Balaban J connectivity index is 0.000000145. The van der Waals surface area contributed by atoms with E-state index in [-0.39, 0.29) is 52.8 Å². The summed E-state index contributed by atoms with van der Waals surface area (Å²) in [4.78, 5) is 1.24. The summed E-state index contributed by atoms with van der Waals surface area (Å²) < 4.78 is 76.0. The van der Waals surface area contributed by atoms with Crippen LogP contribution in [0.4, 0.5) is 0 Å². The quantitative estimate of drug-likeness (QED) is 0.168. The molecule has 6 aromatic rings. The monoisotopic (exact) mass is 932 g/mol. The number of benzene rings is 6. The lowest BCUT2D eigenvalue weighted by Crippen LogP contribution is -2.29. The normalized spacial score (nSPS) is 26.0. The summed E-state index contributed by atoms with van der Waals surface area (Å²) in [6.45, 7) is 5.95. The van der Waals surface area contributed by atoms with Crippen LogP contribution in [0.25, 0.3) is 0 Å². The summed E-state index contributed by atoms with van der Waals surface area (Å²) in [5.41, 5.74) is 5.49. The summed E-state index contributed by atoms with van der Waals surface area (Å²) in [5, 5.41) is 21.8. The maximum atomic E-state index is 12.7. The molecule has 8 atom stereocenters. The van der Waals surface area contributed by atoms with E-state index in [4.69, 9.17) is 0 Å². The highest BCUT2D eigenvalue weighted by Crippen LogP contribution is 2.43. The van der Waals surface area contributed by atoms with E-state index in [0.29, 0.717) is 38.7 Å². The van der Waals surface area contributed by atoms with Crippen LogP contribution in [0.1, 0.15) is 97.6 Å². The van der Waals surface area contributed by atoms with Gasteiger partial charge in [0.15, 0.2) is 29.5 Å². The number of hydrogen-bond donors (Lipinski definition) is 2. The zero-order chi connectivity index (χ0) is 46.4. The minimum Gasteiger partial charge on any atom is -0.392 e. The fourth-order valence-corrected chi connectivity index (χ4v) is 16.0. The van der Waals surface area contributed by atoms with E-state index in [0.717, 1.165) is 29.5 Å². The molecule has 342 valence electrons. The molecule has 0 radical (unpaired) electrons. The Morgan fingerprint density at radius 3 is 1.11 bits per heavy atom. The molecule has 3 aliphatic heterocycles. The molecule has 8 nitrogen and oxygen atoms in total. The molecule has 0 fully saturated rings. The highest BCUT2D eigenvalue weighted by molar-refractivity contribution is 7.92. The van der Waals surface area contributed by atoms with Crippen molar-refractivity contribution in [3.8, 4) is 0 Å². The minimum atomic E-state index is -3.37. The van der Waals surface area contributed by atoms with Crippen LogP contribution >= 0.6 is 0 Å². The SMILES string of the molecule is CC[C@@H]1CS(=O)(=O)c2ccccc2[C@@H](c2ccccc2)C1O.CC[C@@H]1CS(=O)(=O)c2ccccc2[C@H](c2ccccc2)C1O.CC[C@H]1C[C@@H](c2ccccc2)c2ccccc2S(=O)(=O)C1. The Morgan fingerprint density at radius 2 is 0.723 bits per heavy atom. The molecule has 65 heavy (non-hydrogen) atoms. The van der Waals surface area contributed by atoms with Gasteiger partial charge in [-0.15, -0.1) is 0 Å². The van der Waals surface area contributed by atoms with Gasteiger partial charge in [-0.1, -0.05) is 173 Å². The van der Waals surface area contributed by atoms with E-state index in [1.807, 2.05) is 135 Å². The van der Waals surface area contributed by atoms with Crippen molar-refractivity contribution in [1.29, 1.82) is 0 Å². The average molecular weight is 933 g/mol.